The first kappa shape index (κ1) is 19.2. The van der Waals surface area contributed by atoms with Crippen molar-refractivity contribution in [1.29, 1.82) is 5.26 Å². The minimum absolute atomic E-state index is 0.598. The molecule has 4 rings (SSSR count). The average Bonchev–Trinajstić information content (AvgIpc) is 2.78. The molecule has 0 unspecified atom stereocenters. The van der Waals surface area contributed by atoms with Crippen molar-refractivity contribution in [2.45, 2.75) is 13.5 Å². The molecule has 0 saturated heterocycles. The van der Waals surface area contributed by atoms with Crippen molar-refractivity contribution in [1.82, 2.24) is 9.97 Å². The van der Waals surface area contributed by atoms with Crippen molar-refractivity contribution in [3.05, 3.63) is 108 Å². The van der Waals surface area contributed by atoms with Gasteiger partial charge >= 0.3 is 0 Å². The number of nitrogens with zero attached hydrogens (tertiary/aromatic N) is 4. The van der Waals surface area contributed by atoms with Crippen LogP contribution in [0.25, 0.3) is 0 Å². The first-order chi connectivity index (χ1) is 14.7. The number of hydrogen-bond acceptors (Lipinski definition) is 5. The van der Waals surface area contributed by atoms with E-state index in [-0.39, 0.29) is 0 Å². The van der Waals surface area contributed by atoms with Gasteiger partial charge in [0.1, 0.15) is 5.82 Å². The molecule has 0 fully saturated rings. The number of para-hydroxylation sites is 1. The lowest BCUT2D eigenvalue weighted by Crippen LogP contribution is -2.19. The van der Waals surface area contributed by atoms with Crippen LogP contribution in [0.1, 0.15) is 16.8 Å². The number of aryl methyl sites for hydroxylation is 1. The number of anilines is 4. The van der Waals surface area contributed by atoms with Crippen LogP contribution in [0, 0.1) is 18.3 Å². The number of hydrogen-bond donors (Lipinski definition) is 1. The monoisotopic (exact) mass is 391 g/mol. The van der Waals surface area contributed by atoms with E-state index in [9.17, 15) is 0 Å². The van der Waals surface area contributed by atoms with Crippen molar-refractivity contribution in [3.8, 4) is 6.07 Å². The molecule has 0 aliphatic heterocycles. The highest BCUT2D eigenvalue weighted by Crippen LogP contribution is 2.27. The predicted molar refractivity (Wildman–Crippen MR) is 120 cm³/mol. The third-order valence-corrected chi connectivity index (χ3v) is 4.60. The largest absolute Gasteiger partial charge is 0.340 e. The van der Waals surface area contributed by atoms with Gasteiger partial charge < -0.3 is 10.2 Å². The number of rotatable bonds is 6. The van der Waals surface area contributed by atoms with Crippen LogP contribution in [0.3, 0.4) is 0 Å². The predicted octanol–water partition coefficient (Wildman–Crippen LogP) is 5.74. The van der Waals surface area contributed by atoms with E-state index in [0.717, 1.165) is 17.1 Å². The highest BCUT2D eigenvalue weighted by molar-refractivity contribution is 5.63. The Morgan fingerprint density at radius 1 is 0.867 bits per heavy atom. The summed E-state index contributed by atoms with van der Waals surface area (Å²) in [5, 5.41) is 12.4. The maximum absolute atomic E-state index is 9.15. The van der Waals surface area contributed by atoms with Gasteiger partial charge in [0, 0.05) is 23.1 Å². The zero-order valence-electron chi connectivity index (χ0n) is 16.7. The van der Waals surface area contributed by atoms with Crippen LogP contribution in [0.15, 0.2) is 91.0 Å². The molecule has 1 aromatic heterocycles. The van der Waals surface area contributed by atoms with Crippen LogP contribution in [0.2, 0.25) is 0 Å². The maximum Gasteiger partial charge on any atom is 0.232 e. The number of nitrogens with one attached hydrogen (secondary N) is 1. The highest BCUT2D eigenvalue weighted by atomic mass is 15.3. The van der Waals surface area contributed by atoms with Gasteiger partial charge in [0.2, 0.25) is 5.95 Å². The molecule has 1 heterocycles. The Balaban J connectivity index is 1.70. The van der Waals surface area contributed by atoms with E-state index in [1.807, 2.05) is 61.5 Å². The van der Waals surface area contributed by atoms with Crippen LogP contribution in [0.4, 0.5) is 23.1 Å². The smallest absolute Gasteiger partial charge is 0.232 e. The van der Waals surface area contributed by atoms with Gasteiger partial charge in [0.05, 0.1) is 18.2 Å². The van der Waals surface area contributed by atoms with Gasteiger partial charge in [0.15, 0.2) is 0 Å². The summed E-state index contributed by atoms with van der Waals surface area (Å²) in [6, 6.07) is 31.8. The SMILES string of the molecule is Cc1cc(Nc2cccc(C#N)c2)nc(N(Cc2ccccc2)c2ccccc2)n1. The number of benzene rings is 3. The first-order valence-electron chi connectivity index (χ1n) is 9.71. The fraction of sp³-hybridized carbons (Fsp3) is 0.0800. The molecule has 0 radical (unpaired) electrons. The summed E-state index contributed by atoms with van der Waals surface area (Å²) in [6.07, 6.45) is 0. The molecule has 146 valence electrons. The van der Waals surface area contributed by atoms with Gasteiger partial charge in [-0.25, -0.2) is 4.98 Å². The van der Waals surface area contributed by atoms with Crippen LogP contribution in [-0.2, 0) is 6.54 Å². The van der Waals surface area contributed by atoms with E-state index in [4.69, 9.17) is 15.2 Å². The van der Waals surface area contributed by atoms with Crippen LogP contribution >= 0.6 is 0 Å². The maximum atomic E-state index is 9.15. The normalized spacial score (nSPS) is 10.3. The van der Waals surface area contributed by atoms with Crippen LogP contribution in [0.5, 0.6) is 0 Å². The van der Waals surface area contributed by atoms with Gasteiger partial charge in [-0.15, -0.1) is 0 Å². The first-order valence-corrected chi connectivity index (χ1v) is 9.71. The summed E-state index contributed by atoms with van der Waals surface area (Å²) in [7, 11) is 0. The van der Waals surface area contributed by atoms with Crippen molar-refractivity contribution < 1.29 is 0 Å². The van der Waals surface area contributed by atoms with E-state index in [1.165, 1.54) is 5.56 Å². The molecular formula is C25H21N5. The Morgan fingerprint density at radius 2 is 1.60 bits per heavy atom. The molecule has 0 saturated carbocycles. The molecule has 0 spiro atoms. The molecule has 0 amide bonds. The van der Waals surface area contributed by atoms with E-state index in [2.05, 4.69) is 40.6 Å². The zero-order chi connectivity index (χ0) is 20.8. The Morgan fingerprint density at radius 3 is 2.33 bits per heavy atom. The summed E-state index contributed by atoms with van der Waals surface area (Å²) in [5.74, 6) is 1.30. The minimum atomic E-state index is 0.598. The number of aromatic nitrogens is 2. The van der Waals surface area contributed by atoms with E-state index in [1.54, 1.807) is 12.1 Å². The lowest BCUT2D eigenvalue weighted by atomic mass is 10.2. The van der Waals surface area contributed by atoms with Crippen molar-refractivity contribution in [2.75, 3.05) is 10.2 Å². The molecule has 3 aromatic carbocycles. The summed E-state index contributed by atoms with van der Waals surface area (Å²) in [4.78, 5) is 11.6. The molecule has 5 heteroatoms. The minimum Gasteiger partial charge on any atom is -0.340 e. The Bertz CT molecular complexity index is 1170. The molecule has 5 nitrogen and oxygen atoms in total. The quantitative estimate of drug-likeness (QED) is 0.454. The van der Waals surface area contributed by atoms with Gasteiger partial charge in [0.25, 0.3) is 0 Å². The van der Waals surface area contributed by atoms with Crippen LogP contribution < -0.4 is 10.2 Å². The Labute approximate surface area is 176 Å². The van der Waals surface area contributed by atoms with Gasteiger partial charge in [-0.3, -0.25) is 0 Å². The summed E-state index contributed by atoms with van der Waals surface area (Å²) in [6.45, 7) is 2.60. The van der Waals surface area contributed by atoms with Gasteiger partial charge in [-0.1, -0.05) is 54.6 Å². The summed E-state index contributed by atoms with van der Waals surface area (Å²) >= 11 is 0. The van der Waals surface area contributed by atoms with Crippen molar-refractivity contribution >= 4 is 23.1 Å². The van der Waals surface area contributed by atoms with E-state index in [0.29, 0.717) is 23.9 Å². The van der Waals surface area contributed by atoms with Gasteiger partial charge in [-0.05, 0) is 42.8 Å². The van der Waals surface area contributed by atoms with Crippen molar-refractivity contribution in [3.63, 3.8) is 0 Å². The zero-order valence-corrected chi connectivity index (χ0v) is 16.7. The van der Waals surface area contributed by atoms with E-state index >= 15 is 0 Å². The Hall–Kier alpha value is -4.17. The molecule has 4 aromatic rings. The second-order valence-electron chi connectivity index (χ2n) is 6.92. The standard InChI is InChI=1S/C25H21N5/c1-19-15-24(28-22-12-8-11-21(16-22)17-26)29-25(27-19)30(23-13-6-3-7-14-23)18-20-9-4-2-5-10-20/h2-16H,18H2,1H3,(H,27,28,29). The van der Waals surface area contributed by atoms with E-state index < -0.39 is 0 Å². The third kappa shape index (κ3) is 4.62. The fourth-order valence-corrected chi connectivity index (χ4v) is 3.20. The molecule has 0 bridgehead atoms. The second kappa shape index (κ2) is 8.89. The number of nitriles is 1. The topological polar surface area (TPSA) is 64.8 Å². The molecule has 30 heavy (non-hydrogen) atoms. The second-order valence-corrected chi connectivity index (χ2v) is 6.92. The third-order valence-electron chi connectivity index (χ3n) is 4.60. The molecule has 0 aliphatic carbocycles. The Kier molecular flexibility index (Phi) is 5.68. The highest BCUT2D eigenvalue weighted by Gasteiger charge is 2.15. The molecule has 0 aliphatic rings. The van der Waals surface area contributed by atoms with Crippen LogP contribution in [-0.4, -0.2) is 9.97 Å². The van der Waals surface area contributed by atoms with Crippen molar-refractivity contribution in [2.24, 2.45) is 0 Å². The lowest BCUT2D eigenvalue weighted by Gasteiger charge is -2.24. The summed E-state index contributed by atoms with van der Waals surface area (Å²) in [5.41, 5.74) is 4.45. The fourth-order valence-electron chi connectivity index (χ4n) is 3.20. The van der Waals surface area contributed by atoms with Gasteiger partial charge in [-0.2, -0.15) is 10.2 Å². The molecule has 0 atom stereocenters. The molecular weight excluding hydrogens is 370 g/mol. The molecule has 1 N–H and O–H groups in total. The lowest BCUT2D eigenvalue weighted by molar-refractivity contribution is 0.904. The summed E-state index contributed by atoms with van der Waals surface area (Å²) < 4.78 is 0. The average molecular weight is 391 g/mol.